The van der Waals surface area contributed by atoms with Gasteiger partial charge in [-0.2, -0.15) is 0 Å². The molecule has 0 aliphatic heterocycles. The third-order valence-corrected chi connectivity index (χ3v) is 3.08. The molecular formula is C8H8BrNO2. The summed E-state index contributed by atoms with van der Waals surface area (Å²) >= 11 is 3.30. The van der Waals surface area contributed by atoms with Crippen LogP contribution in [0.25, 0.3) is 0 Å². The Kier molecular flexibility index (Phi) is 2.00. The minimum atomic E-state index is 0.303. The molecule has 0 unspecified atom stereocenters. The van der Waals surface area contributed by atoms with Gasteiger partial charge in [0.1, 0.15) is 5.69 Å². The molecule has 64 valence electrons. The standard InChI is InChI=1S/C8H8BrNO2/c9-7-6(4-11)12-10-8(7)5-2-1-3-5/h4-5H,1-3H2. The Labute approximate surface area is 78.2 Å². The molecule has 2 rings (SSSR count). The second kappa shape index (κ2) is 3.01. The van der Waals surface area contributed by atoms with Gasteiger partial charge in [0.15, 0.2) is 6.29 Å². The van der Waals surface area contributed by atoms with Crippen LogP contribution < -0.4 is 0 Å². The summed E-state index contributed by atoms with van der Waals surface area (Å²) in [6, 6.07) is 0. The van der Waals surface area contributed by atoms with E-state index in [2.05, 4.69) is 21.1 Å². The normalized spacial score (nSPS) is 17.4. The topological polar surface area (TPSA) is 43.1 Å². The van der Waals surface area contributed by atoms with E-state index in [4.69, 9.17) is 4.52 Å². The highest BCUT2D eigenvalue weighted by Gasteiger charge is 2.26. The summed E-state index contributed by atoms with van der Waals surface area (Å²) < 4.78 is 5.57. The summed E-state index contributed by atoms with van der Waals surface area (Å²) in [4.78, 5) is 10.4. The highest BCUT2D eigenvalue weighted by Crippen LogP contribution is 2.39. The van der Waals surface area contributed by atoms with Crippen LogP contribution in [0.1, 0.15) is 41.4 Å². The number of nitrogens with zero attached hydrogens (tertiary/aromatic N) is 1. The van der Waals surface area contributed by atoms with Gasteiger partial charge in [0.05, 0.1) is 4.47 Å². The molecule has 0 spiro atoms. The molecule has 4 heteroatoms. The number of carbonyl (C=O) groups excluding carboxylic acids is 1. The number of hydrogen-bond donors (Lipinski definition) is 0. The van der Waals surface area contributed by atoms with Crippen LogP contribution in [-0.4, -0.2) is 11.4 Å². The van der Waals surface area contributed by atoms with E-state index in [1.165, 1.54) is 6.42 Å². The summed E-state index contributed by atoms with van der Waals surface area (Å²) in [5.41, 5.74) is 0.906. The van der Waals surface area contributed by atoms with Crippen molar-refractivity contribution in [2.45, 2.75) is 25.2 Å². The molecule has 1 aliphatic carbocycles. The predicted molar refractivity (Wildman–Crippen MR) is 46.2 cm³/mol. The lowest BCUT2D eigenvalue weighted by molar-refractivity contribution is 0.109. The van der Waals surface area contributed by atoms with E-state index in [1.54, 1.807) is 0 Å². The SMILES string of the molecule is O=Cc1onc(C2CCC2)c1Br. The van der Waals surface area contributed by atoms with E-state index >= 15 is 0 Å². The molecule has 0 saturated heterocycles. The quantitative estimate of drug-likeness (QED) is 0.733. The van der Waals surface area contributed by atoms with Crippen LogP contribution in [0.3, 0.4) is 0 Å². The average molecular weight is 230 g/mol. The molecule has 1 aromatic rings. The first-order valence-electron chi connectivity index (χ1n) is 3.93. The Balaban J connectivity index is 2.31. The highest BCUT2D eigenvalue weighted by atomic mass is 79.9. The smallest absolute Gasteiger partial charge is 0.213 e. The van der Waals surface area contributed by atoms with Crippen LogP contribution in [-0.2, 0) is 0 Å². The van der Waals surface area contributed by atoms with Crippen molar-refractivity contribution < 1.29 is 9.32 Å². The Bertz CT molecular complexity index is 304. The Hall–Kier alpha value is -0.640. The summed E-state index contributed by atoms with van der Waals surface area (Å²) in [5, 5.41) is 3.86. The Morgan fingerprint density at radius 3 is 2.75 bits per heavy atom. The number of aldehydes is 1. The molecule has 1 fully saturated rings. The molecule has 12 heavy (non-hydrogen) atoms. The minimum absolute atomic E-state index is 0.303. The fourth-order valence-corrected chi connectivity index (χ4v) is 1.88. The van der Waals surface area contributed by atoms with Crippen LogP contribution in [0.2, 0.25) is 0 Å². The zero-order chi connectivity index (χ0) is 8.55. The van der Waals surface area contributed by atoms with Crippen LogP contribution in [0.5, 0.6) is 0 Å². The molecule has 0 aromatic carbocycles. The van der Waals surface area contributed by atoms with Gasteiger partial charge in [-0.15, -0.1) is 0 Å². The van der Waals surface area contributed by atoms with Crippen LogP contribution in [0.4, 0.5) is 0 Å². The van der Waals surface area contributed by atoms with Crippen molar-refractivity contribution in [2.75, 3.05) is 0 Å². The van der Waals surface area contributed by atoms with E-state index in [9.17, 15) is 4.79 Å². The fraction of sp³-hybridized carbons (Fsp3) is 0.500. The second-order valence-corrected chi connectivity index (χ2v) is 3.78. The van der Waals surface area contributed by atoms with Crippen molar-refractivity contribution in [1.82, 2.24) is 5.16 Å². The van der Waals surface area contributed by atoms with Crippen molar-refractivity contribution in [2.24, 2.45) is 0 Å². The number of carbonyl (C=O) groups is 1. The monoisotopic (exact) mass is 229 g/mol. The van der Waals surface area contributed by atoms with Gasteiger partial charge in [0, 0.05) is 5.92 Å². The molecule has 1 heterocycles. The van der Waals surface area contributed by atoms with Crippen LogP contribution >= 0.6 is 15.9 Å². The van der Waals surface area contributed by atoms with Gasteiger partial charge in [-0.05, 0) is 28.8 Å². The van der Waals surface area contributed by atoms with E-state index in [-0.39, 0.29) is 0 Å². The third kappa shape index (κ3) is 1.10. The second-order valence-electron chi connectivity index (χ2n) is 2.99. The van der Waals surface area contributed by atoms with Crippen molar-refractivity contribution in [3.63, 3.8) is 0 Å². The molecule has 0 amide bonds. The summed E-state index contributed by atoms with van der Waals surface area (Å²) in [7, 11) is 0. The highest BCUT2D eigenvalue weighted by molar-refractivity contribution is 9.10. The van der Waals surface area contributed by atoms with Gasteiger partial charge in [-0.3, -0.25) is 4.79 Å². The first kappa shape index (κ1) is 7.98. The van der Waals surface area contributed by atoms with Crippen molar-refractivity contribution in [3.8, 4) is 0 Å². The molecule has 1 saturated carbocycles. The fourth-order valence-electron chi connectivity index (χ4n) is 1.31. The molecule has 0 radical (unpaired) electrons. The van der Waals surface area contributed by atoms with E-state index in [0.29, 0.717) is 18.0 Å². The molecule has 1 aliphatic rings. The lowest BCUT2D eigenvalue weighted by Crippen LogP contribution is -2.09. The molecule has 3 nitrogen and oxygen atoms in total. The maximum absolute atomic E-state index is 10.4. The van der Waals surface area contributed by atoms with Crippen LogP contribution in [0, 0.1) is 0 Å². The van der Waals surface area contributed by atoms with Crippen LogP contribution in [0.15, 0.2) is 9.00 Å². The maximum atomic E-state index is 10.4. The lowest BCUT2D eigenvalue weighted by atomic mass is 9.83. The molecule has 0 N–H and O–H groups in total. The van der Waals surface area contributed by atoms with Gasteiger partial charge in [-0.25, -0.2) is 0 Å². The summed E-state index contributed by atoms with van der Waals surface area (Å²) in [6.45, 7) is 0. The van der Waals surface area contributed by atoms with Crippen molar-refractivity contribution >= 4 is 22.2 Å². The Morgan fingerprint density at radius 1 is 1.58 bits per heavy atom. The number of rotatable bonds is 2. The predicted octanol–water partition coefficient (Wildman–Crippen LogP) is 2.52. The third-order valence-electron chi connectivity index (χ3n) is 2.28. The molecule has 0 atom stereocenters. The lowest BCUT2D eigenvalue weighted by Gasteiger charge is -2.22. The number of aromatic nitrogens is 1. The largest absolute Gasteiger partial charge is 0.352 e. The van der Waals surface area contributed by atoms with Gasteiger partial charge in [0.2, 0.25) is 5.76 Å². The number of hydrogen-bond acceptors (Lipinski definition) is 3. The van der Waals surface area contributed by atoms with Crippen molar-refractivity contribution in [1.29, 1.82) is 0 Å². The van der Waals surface area contributed by atoms with Gasteiger partial charge < -0.3 is 4.52 Å². The molecule has 1 aromatic heterocycles. The number of halogens is 1. The van der Waals surface area contributed by atoms with E-state index in [0.717, 1.165) is 23.0 Å². The zero-order valence-corrected chi connectivity index (χ0v) is 8.00. The first-order chi connectivity index (χ1) is 5.83. The minimum Gasteiger partial charge on any atom is -0.352 e. The van der Waals surface area contributed by atoms with Gasteiger partial charge >= 0.3 is 0 Å². The molecular weight excluding hydrogens is 222 g/mol. The summed E-state index contributed by atoms with van der Waals surface area (Å²) in [5.74, 6) is 0.800. The van der Waals surface area contributed by atoms with Crippen molar-refractivity contribution in [3.05, 3.63) is 15.9 Å². The maximum Gasteiger partial charge on any atom is 0.213 e. The molecule has 0 bridgehead atoms. The summed E-state index contributed by atoms with van der Waals surface area (Å²) in [6.07, 6.45) is 4.24. The van der Waals surface area contributed by atoms with Gasteiger partial charge in [-0.1, -0.05) is 11.6 Å². The van der Waals surface area contributed by atoms with E-state index < -0.39 is 0 Å². The van der Waals surface area contributed by atoms with Gasteiger partial charge in [0.25, 0.3) is 0 Å². The zero-order valence-electron chi connectivity index (χ0n) is 6.42. The Morgan fingerprint density at radius 2 is 2.33 bits per heavy atom. The van der Waals surface area contributed by atoms with E-state index in [1.807, 2.05) is 0 Å². The average Bonchev–Trinajstić information content (AvgIpc) is 2.30. The first-order valence-corrected chi connectivity index (χ1v) is 4.72.